The number of carbonyl (C=O) groups is 1. The Kier molecular flexibility index (Phi) is 5.46. The van der Waals surface area contributed by atoms with E-state index >= 15 is 0 Å². The number of hydrogen-bond acceptors (Lipinski definition) is 8. The van der Waals surface area contributed by atoms with Gasteiger partial charge in [-0.15, -0.1) is 11.3 Å². The highest BCUT2D eigenvalue weighted by Gasteiger charge is 2.26. The first kappa shape index (κ1) is 21.3. The molecule has 0 bridgehead atoms. The van der Waals surface area contributed by atoms with Crippen LogP contribution in [0.15, 0.2) is 24.3 Å². The summed E-state index contributed by atoms with van der Waals surface area (Å²) in [6, 6.07) is 6.07. The molecule has 0 saturated carbocycles. The van der Waals surface area contributed by atoms with E-state index in [0.29, 0.717) is 29.4 Å². The minimum absolute atomic E-state index is 0.0146. The SMILES string of the molecule is Cc1nc(COC(=O)N2CCC(O)C2)sc1-c1cccc(-c2cc(F)c3n[nH]nc3c2F)n1. The average molecular weight is 472 g/mol. The van der Waals surface area contributed by atoms with Gasteiger partial charge in [0, 0.05) is 18.7 Å². The number of fused-ring (bicyclic) bond motifs is 1. The van der Waals surface area contributed by atoms with E-state index in [1.165, 1.54) is 16.2 Å². The first-order valence-electron chi connectivity index (χ1n) is 10.1. The van der Waals surface area contributed by atoms with Crippen molar-refractivity contribution in [2.75, 3.05) is 13.1 Å². The molecule has 1 unspecified atom stereocenters. The number of hydrogen-bond donors (Lipinski definition) is 2. The maximum absolute atomic E-state index is 14.9. The molecule has 4 heterocycles. The van der Waals surface area contributed by atoms with Crippen molar-refractivity contribution >= 4 is 28.5 Å². The summed E-state index contributed by atoms with van der Waals surface area (Å²) in [7, 11) is 0. The molecule has 1 aliphatic heterocycles. The molecule has 170 valence electrons. The number of carbonyl (C=O) groups excluding carboxylic acids is 1. The van der Waals surface area contributed by atoms with Crippen LogP contribution in [0, 0.1) is 18.6 Å². The number of benzene rings is 1. The largest absolute Gasteiger partial charge is 0.442 e. The van der Waals surface area contributed by atoms with Gasteiger partial charge in [-0.1, -0.05) is 6.07 Å². The number of aromatic nitrogens is 5. The zero-order valence-corrected chi connectivity index (χ0v) is 18.2. The topological polar surface area (TPSA) is 117 Å². The summed E-state index contributed by atoms with van der Waals surface area (Å²) in [5, 5.41) is 19.7. The van der Waals surface area contributed by atoms with Crippen LogP contribution in [0.2, 0.25) is 0 Å². The molecule has 3 aromatic heterocycles. The molecule has 4 aromatic rings. The van der Waals surface area contributed by atoms with Gasteiger partial charge in [0.1, 0.15) is 11.6 Å². The van der Waals surface area contributed by atoms with Crippen LogP contribution in [0.5, 0.6) is 0 Å². The number of amides is 1. The third-order valence-corrected chi connectivity index (χ3v) is 6.48. The number of nitrogens with zero attached hydrogens (tertiary/aromatic N) is 5. The number of aliphatic hydroxyl groups excluding tert-OH is 1. The standard InChI is InChI=1S/C21H18F2N6O3S/c1-10-20(33-16(24-10)9-32-21(31)29-6-5-11(30)8-29)15-4-2-3-14(25-15)12-7-13(22)18-19(17(12)23)27-28-26-18/h2-4,7,11,30H,5-6,8-9H2,1H3,(H,26,27,28). The summed E-state index contributed by atoms with van der Waals surface area (Å²) in [5.41, 5.74) is 1.05. The second-order valence-corrected chi connectivity index (χ2v) is 8.70. The Bertz CT molecular complexity index is 1360. The number of rotatable bonds is 4. The van der Waals surface area contributed by atoms with Crippen molar-refractivity contribution in [2.24, 2.45) is 0 Å². The van der Waals surface area contributed by atoms with Gasteiger partial charge in [-0.05, 0) is 31.5 Å². The number of halogens is 2. The van der Waals surface area contributed by atoms with Gasteiger partial charge in [0.15, 0.2) is 22.7 Å². The lowest BCUT2D eigenvalue weighted by atomic mass is 10.1. The molecule has 1 saturated heterocycles. The van der Waals surface area contributed by atoms with Crippen LogP contribution < -0.4 is 0 Å². The number of aliphatic hydroxyl groups is 1. The maximum atomic E-state index is 14.9. The highest BCUT2D eigenvalue weighted by molar-refractivity contribution is 7.15. The van der Waals surface area contributed by atoms with Gasteiger partial charge in [0.2, 0.25) is 0 Å². The van der Waals surface area contributed by atoms with Crippen molar-refractivity contribution in [2.45, 2.75) is 26.1 Å². The molecule has 0 aliphatic carbocycles. The molecule has 1 amide bonds. The van der Waals surface area contributed by atoms with Gasteiger partial charge >= 0.3 is 6.09 Å². The molecule has 0 spiro atoms. The molecule has 1 aliphatic rings. The van der Waals surface area contributed by atoms with Crippen LogP contribution in [-0.4, -0.2) is 60.7 Å². The molecule has 9 nitrogen and oxygen atoms in total. The fourth-order valence-electron chi connectivity index (χ4n) is 3.71. The average Bonchev–Trinajstić information content (AvgIpc) is 3.54. The van der Waals surface area contributed by atoms with Gasteiger partial charge < -0.3 is 14.7 Å². The third-order valence-electron chi connectivity index (χ3n) is 5.33. The summed E-state index contributed by atoms with van der Waals surface area (Å²) in [4.78, 5) is 23.3. The number of H-pyrrole nitrogens is 1. The van der Waals surface area contributed by atoms with Gasteiger partial charge in [-0.2, -0.15) is 15.4 Å². The van der Waals surface area contributed by atoms with Crippen LogP contribution in [0.25, 0.3) is 32.9 Å². The predicted molar refractivity (Wildman–Crippen MR) is 115 cm³/mol. The quantitative estimate of drug-likeness (QED) is 0.467. The molecular formula is C21H18F2N6O3S. The number of ether oxygens (including phenoxy) is 1. The van der Waals surface area contributed by atoms with Gasteiger partial charge in [0.25, 0.3) is 0 Å². The van der Waals surface area contributed by atoms with E-state index in [9.17, 15) is 18.7 Å². The molecule has 1 fully saturated rings. The lowest BCUT2D eigenvalue weighted by Crippen LogP contribution is -2.30. The number of thiazole rings is 1. The Balaban J connectivity index is 1.39. The zero-order valence-electron chi connectivity index (χ0n) is 17.4. The lowest BCUT2D eigenvalue weighted by molar-refractivity contribution is 0.0970. The van der Waals surface area contributed by atoms with Gasteiger partial charge in [-0.25, -0.2) is 23.5 Å². The van der Waals surface area contributed by atoms with E-state index in [1.807, 2.05) is 0 Å². The maximum Gasteiger partial charge on any atom is 0.410 e. The summed E-state index contributed by atoms with van der Waals surface area (Å²) < 4.78 is 34.6. The Labute approximate surface area is 190 Å². The molecule has 1 aromatic carbocycles. The Morgan fingerprint density at radius 3 is 2.85 bits per heavy atom. The molecular weight excluding hydrogens is 454 g/mol. The van der Waals surface area contributed by atoms with E-state index in [1.54, 1.807) is 25.1 Å². The summed E-state index contributed by atoms with van der Waals surface area (Å²) >= 11 is 1.30. The monoisotopic (exact) mass is 472 g/mol. The van der Waals surface area contributed by atoms with E-state index in [-0.39, 0.29) is 35.4 Å². The number of aryl methyl sites for hydroxylation is 1. The van der Waals surface area contributed by atoms with E-state index in [4.69, 9.17) is 4.74 Å². The minimum atomic E-state index is -0.717. The molecule has 0 radical (unpaired) electrons. The van der Waals surface area contributed by atoms with Crippen molar-refractivity contribution in [3.63, 3.8) is 0 Å². The Morgan fingerprint density at radius 1 is 1.27 bits per heavy atom. The number of nitrogens with one attached hydrogen (secondary N) is 1. The summed E-state index contributed by atoms with van der Waals surface area (Å²) in [6.07, 6.45) is -0.485. The minimum Gasteiger partial charge on any atom is -0.442 e. The predicted octanol–water partition coefficient (Wildman–Crippen LogP) is 3.43. The van der Waals surface area contributed by atoms with Crippen molar-refractivity contribution < 1.29 is 23.4 Å². The van der Waals surface area contributed by atoms with Crippen LogP contribution in [-0.2, 0) is 11.3 Å². The van der Waals surface area contributed by atoms with E-state index in [2.05, 4.69) is 25.4 Å². The van der Waals surface area contributed by atoms with Crippen LogP contribution >= 0.6 is 11.3 Å². The lowest BCUT2D eigenvalue weighted by Gasteiger charge is -2.14. The number of β-amino-alcohol motifs (C(OH)–C–C–N with tert-alkyl or cyclic N) is 1. The smallest absolute Gasteiger partial charge is 0.410 e. The molecule has 12 heteroatoms. The summed E-state index contributed by atoms with van der Waals surface area (Å²) in [5.74, 6) is -1.42. The van der Waals surface area contributed by atoms with Crippen molar-refractivity contribution in [1.82, 2.24) is 30.3 Å². The van der Waals surface area contributed by atoms with Crippen molar-refractivity contribution in [1.29, 1.82) is 0 Å². The van der Waals surface area contributed by atoms with E-state index in [0.717, 1.165) is 10.9 Å². The van der Waals surface area contributed by atoms with Crippen molar-refractivity contribution in [3.05, 3.63) is 46.6 Å². The van der Waals surface area contributed by atoms with Crippen LogP contribution in [0.4, 0.5) is 13.6 Å². The number of pyridine rings is 1. The second kappa shape index (κ2) is 8.45. The normalized spacial score (nSPS) is 16.0. The van der Waals surface area contributed by atoms with Gasteiger partial charge in [0.05, 0.1) is 28.1 Å². The first-order valence-corrected chi connectivity index (χ1v) is 10.9. The zero-order chi connectivity index (χ0) is 23.1. The van der Waals surface area contributed by atoms with E-state index < -0.39 is 23.8 Å². The van der Waals surface area contributed by atoms with Crippen LogP contribution in [0.1, 0.15) is 17.1 Å². The van der Waals surface area contributed by atoms with Crippen LogP contribution in [0.3, 0.4) is 0 Å². The fraction of sp³-hybridized carbons (Fsp3) is 0.286. The first-order chi connectivity index (χ1) is 15.9. The molecule has 5 rings (SSSR count). The third kappa shape index (κ3) is 4.02. The number of likely N-dealkylation sites (tertiary alicyclic amines) is 1. The second-order valence-electron chi connectivity index (χ2n) is 7.61. The van der Waals surface area contributed by atoms with Gasteiger partial charge in [-0.3, -0.25) is 0 Å². The van der Waals surface area contributed by atoms with Crippen molar-refractivity contribution in [3.8, 4) is 21.8 Å². The Hall–Kier alpha value is -3.51. The fourth-order valence-corrected chi connectivity index (χ4v) is 4.66. The Morgan fingerprint density at radius 2 is 2.06 bits per heavy atom. The molecule has 33 heavy (non-hydrogen) atoms. The summed E-state index contributed by atoms with van der Waals surface area (Å²) in [6.45, 7) is 2.49. The number of aromatic amines is 1. The highest BCUT2D eigenvalue weighted by Crippen LogP contribution is 2.33. The highest BCUT2D eigenvalue weighted by atomic mass is 32.1. The molecule has 1 atom stereocenters. The molecule has 2 N–H and O–H groups in total.